The lowest BCUT2D eigenvalue weighted by atomic mass is 10.1. The van der Waals surface area contributed by atoms with Crippen molar-refractivity contribution < 1.29 is 17.7 Å². The van der Waals surface area contributed by atoms with Crippen molar-refractivity contribution in [3.05, 3.63) is 41.5 Å². The van der Waals surface area contributed by atoms with E-state index >= 15 is 0 Å². The van der Waals surface area contributed by atoms with Gasteiger partial charge in [0.25, 0.3) is 0 Å². The fraction of sp³-hybridized carbons (Fsp3) is 0.526. The molecule has 2 aromatic rings. The van der Waals surface area contributed by atoms with E-state index in [1.54, 1.807) is 31.2 Å². The third-order valence-corrected chi connectivity index (χ3v) is 6.43. The number of nitrogens with one attached hydrogen (secondary N) is 1. The van der Waals surface area contributed by atoms with E-state index in [4.69, 9.17) is 4.52 Å². The number of nitrogens with zero attached hydrogens (tertiary/aromatic N) is 3. The van der Waals surface area contributed by atoms with Crippen molar-refractivity contribution in [2.45, 2.75) is 51.3 Å². The molecule has 0 aliphatic heterocycles. The van der Waals surface area contributed by atoms with Gasteiger partial charge in [-0.25, -0.2) is 8.42 Å². The molecule has 0 aliphatic carbocycles. The second-order valence-electron chi connectivity index (χ2n) is 6.42. The molecule has 0 bridgehead atoms. The van der Waals surface area contributed by atoms with Gasteiger partial charge >= 0.3 is 0 Å². The topological polar surface area (TPSA) is 105 Å². The van der Waals surface area contributed by atoms with Crippen molar-refractivity contribution in [1.29, 1.82) is 0 Å². The first kappa shape index (κ1) is 22.0. The molecule has 1 amide bonds. The number of benzene rings is 1. The van der Waals surface area contributed by atoms with E-state index in [9.17, 15) is 13.2 Å². The van der Waals surface area contributed by atoms with Gasteiger partial charge in [-0.1, -0.05) is 31.1 Å². The molecule has 154 valence electrons. The number of hydrogen-bond donors (Lipinski definition) is 1. The molecular formula is C19H28N4O4S. The zero-order chi connectivity index (χ0) is 20.6. The van der Waals surface area contributed by atoms with Gasteiger partial charge in [0, 0.05) is 32.5 Å². The third-order valence-electron chi connectivity index (χ3n) is 4.37. The molecule has 0 saturated heterocycles. The standard InChI is InChI=1S/C19H28N4O4S/c1-4-23(5-2)28(25,26)17-11-8-16(9-12-17)10-13-18(24)20-14-6-7-19-21-15(3)22-27-19/h8-9,11-12H,4-7,10,13-14H2,1-3H3,(H,20,24). The molecular weight excluding hydrogens is 380 g/mol. The van der Waals surface area contributed by atoms with Crippen molar-refractivity contribution in [2.75, 3.05) is 19.6 Å². The van der Waals surface area contributed by atoms with Gasteiger partial charge in [0.05, 0.1) is 4.90 Å². The van der Waals surface area contributed by atoms with E-state index in [2.05, 4.69) is 15.5 Å². The van der Waals surface area contributed by atoms with Gasteiger partial charge < -0.3 is 9.84 Å². The number of aromatic nitrogens is 2. The van der Waals surface area contributed by atoms with Gasteiger partial charge in [0.15, 0.2) is 5.82 Å². The molecule has 0 spiro atoms. The molecule has 0 unspecified atom stereocenters. The summed E-state index contributed by atoms with van der Waals surface area (Å²) in [5.41, 5.74) is 0.926. The fourth-order valence-electron chi connectivity index (χ4n) is 2.80. The Morgan fingerprint density at radius 3 is 2.39 bits per heavy atom. The van der Waals surface area contributed by atoms with Crippen LogP contribution in [0.1, 0.15) is 44.0 Å². The molecule has 28 heavy (non-hydrogen) atoms. The smallest absolute Gasteiger partial charge is 0.243 e. The summed E-state index contributed by atoms with van der Waals surface area (Å²) in [5, 5.41) is 6.58. The lowest BCUT2D eigenvalue weighted by molar-refractivity contribution is -0.121. The highest BCUT2D eigenvalue weighted by molar-refractivity contribution is 7.89. The maximum atomic E-state index is 12.5. The van der Waals surface area contributed by atoms with Crippen LogP contribution in [0.15, 0.2) is 33.7 Å². The van der Waals surface area contributed by atoms with Crippen LogP contribution in [0, 0.1) is 6.92 Å². The Bertz CT molecular complexity index is 858. The fourth-order valence-corrected chi connectivity index (χ4v) is 4.25. The van der Waals surface area contributed by atoms with Crippen molar-refractivity contribution in [2.24, 2.45) is 0 Å². The van der Waals surface area contributed by atoms with Crippen LogP contribution in [0.25, 0.3) is 0 Å². The Labute approximate surface area is 166 Å². The van der Waals surface area contributed by atoms with Gasteiger partial charge in [0.2, 0.25) is 21.8 Å². The number of carbonyl (C=O) groups excluding carboxylic acids is 1. The SMILES string of the molecule is CCN(CC)S(=O)(=O)c1ccc(CCC(=O)NCCCc2nc(C)no2)cc1. The van der Waals surface area contributed by atoms with Gasteiger partial charge in [0.1, 0.15) is 0 Å². The molecule has 9 heteroatoms. The van der Waals surface area contributed by atoms with Crippen LogP contribution in [0.4, 0.5) is 0 Å². The third kappa shape index (κ3) is 6.13. The second-order valence-corrected chi connectivity index (χ2v) is 8.36. The van der Waals surface area contributed by atoms with Gasteiger partial charge in [-0.05, 0) is 37.5 Å². The maximum absolute atomic E-state index is 12.5. The van der Waals surface area contributed by atoms with E-state index in [-0.39, 0.29) is 10.8 Å². The minimum Gasteiger partial charge on any atom is -0.356 e. The van der Waals surface area contributed by atoms with Crippen molar-refractivity contribution in [3.63, 3.8) is 0 Å². The van der Waals surface area contributed by atoms with Gasteiger partial charge in [-0.15, -0.1) is 0 Å². The molecule has 0 radical (unpaired) electrons. The zero-order valence-corrected chi connectivity index (χ0v) is 17.5. The molecule has 0 saturated carbocycles. The Kier molecular flexibility index (Phi) is 8.13. The quantitative estimate of drug-likeness (QED) is 0.571. The minimum atomic E-state index is -3.45. The molecule has 1 N–H and O–H groups in total. The maximum Gasteiger partial charge on any atom is 0.243 e. The minimum absolute atomic E-state index is 0.0402. The van der Waals surface area contributed by atoms with E-state index in [1.807, 2.05) is 13.8 Å². The van der Waals surface area contributed by atoms with Crippen LogP contribution in [0.2, 0.25) is 0 Å². The van der Waals surface area contributed by atoms with Gasteiger partial charge in [-0.3, -0.25) is 4.79 Å². The number of carbonyl (C=O) groups is 1. The summed E-state index contributed by atoms with van der Waals surface area (Å²) in [7, 11) is -3.45. The van der Waals surface area contributed by atoms with Crippen molar-refractivity contribution in [3.8, 4) is 0 Å². The molecule has 1 aromatic heterocycles. The van der Waals surface area contributed by atoms with Gasteiger partial charge in [-0.2, -0.15) is 9.29 Å². The molecule has 1 heterocycles. The van der Waals surface area contributed by atoms with Crippen LogP contribution in [0.3, 0.4) is 0 Å². The highest BCUT2D eigenvalue weighted by Crippen LogP contribution is 2.16. The van der Waals surface area contributed by atoms with Crippen molar-refractivity contribution >= 4 is 15.9 Å². The summed E-state index contributed by atoms with van der Waals surface area (Å²) in [4.78, 5) is 16.4. The number of amides is 1. The van der Waals surface area contributed by atoms with Crippen molar-refractivity contribution in [1.82, 2.24) is 19.8 Å². The zero-order valence-electron chi connectivity index (χ0n) is 16.6. The summed E-state index contributed by atoms with van der Waals surface area (Å²) in [5.74, 6) is 1.14. The number of aryl methyl sites for hydroxylation is 3. The highest BCUT2D eigenvalue weighted by atomic mass is 32.2. The Balaban J connectivity index is 1.75. The Hall–Kier alpha value is -2.26. The average Bonchev–Trinajstić information content (AvgIpc) is 3.10. The normalized spacial score (nSPS) is 11.7. The second kappa shape index (κ2) is 10.3. The monoisotopic (exact) mass is 408 g/mol. The van der Waals surface area contributed by atoms with E-state index in [0.717, 1.165) is 12.0 Å². The molecule has 1 aromatic carbocycles. The first-order chi connectivity index (χ1) is 13.4. The lowest BCUT2D eigenvalue weighted by Gasteiger charge is -2.18. The Morgan fingerprint density at radius 2 is 1.82 bits per heavy atom. The lowest BCUT2D eigenvalue weighted by Crippen LogP contribution is -2.30. The first-order valence-electron chi connectivity index (χ1n) is 9.51. The predicted molar refractivity (Wildman–Crippen MR) is 105 cm³/mol. The largest absolute Gasteiger partial charge is 0.356 e. The summed E-state index contributed by atoms with van der Waals surface area (Å²) >= 11 is 0. The van der Waals surface area contributed by atoms with Crippen LogP contribution in [0.5, 0.6) is 0 Å². The summed E-state index contributed by atoms with van der Waals surface area (Å²) < 4.78 is 31.4. The van der Waals surface area contributed by atoms with Crippen LogP contribution >= 0.6 is 0 Å². The van der Waals surface area contributed by atoms with Crippen LogP contribution in [-0.2, 0) is 27.7 Å². The van der Waals surface area contributed by atoms with Crippen LogP contribution in [-0.4, -0.2) is 48.4 Å². The number of hydrogen-bond acceptors (Lipinski definition) is 6. The number of sulfonamides is 1. The highest BCUT2D eigenvalue weighted by Gasteiger charge is 2.21. The molecule has 2 rings (SSSR count). The number of rotatable bonds is 11. The average molecular weight is 409 g/mol. The van der Waals surface area contributed by atoms with E-state index in [0.29, 0.717) is 50.6 Å². The van der Waals surface area contributed by atoms with Crippen LogP contribution < -0.4 is 5.32 Å². The summed E-state index contributed by atoms with van der Waals surface area (Å²) in [6, 6.07) is 6.74. The molecule has 0 atom stereocenters. The molecule has 0 fully saturated rings. The molecule has 0 aliphatic rings. The first-order valence-corrected chi connectivity index (χ1v) is 11.0. The van der Waals surface area contributed by atoms with E-state index in [1.165, 1.54) is 4.31 Å². The molecule has 8 nitrogen and oxygen atoms in total. The predicted octanol–water partition coefficient (Wildman–Crippen LogP) is 2.09. The van der Waals surface area contributed by atoms with E-state index < -0.39 is 10.0 Å². The Morgan fingerprint density at radius 1 is 1.14 bits per heavy atom. The summed E-state index contributed by atoms with van der Waals surface area (Å²) in [6.07, 6.45) is 2.26. The summed E-state index contributed by atoms with van der Waals surface area (Å²) in [6.45, 7) is 6.82.